The average molecular weight is 339 g/mol. The van der Waals surface area contributed by atoms with Crippen LogP contribution in [0.4, 0.5) is 0 Å². The van der Waals surface area contributed by atoms with E-state index in [9.17, 15) is 9.59 Å². The van der Waals surface area contributed by atoms with Crippen LogP contribution in [0.25, 0.3) is 0 Å². The lowest BCUT2D eigenvalue weighted by Gasteiger charge is -2.07. The van der Waals surface area contributed by atoms with Gasteiger partial charge in [-0.3, -0.25) is 9.59 Å². The molecule has 2 rings (SSSR count). The maximum absolute atomic E-state index is 11.8. The van der Waals surface area contributed by atoms with E-state index in [1.165, 1.54) is 0 Å². The van der Waals surface area contributed by atoms with Crippen molar-refractivity contribution in [1.82, 2.24) is 10.6 Å². The van der Waals surface area contributed by atoms with Gasteiger partial charge in [-0.15, -0.1) is 0 Å². The van der Waals surface area contributed by atoms with Gasteiger partial charge >= 0.3 is 0 Å². The van der Waals surface area contributed by atoms with E-state index in [1.807, 2.05) is 12.1 Å². The molecule has 2 atom stereocenters. The molecule has 1 aromatic carbocycles. The van der Waals surface area contributed by atoms with Crippen molar-refractivity contribution >= 4 is 27.7 Å². The van der Waals surface area contributed by atoms with E-state index in [0.717, 1.165) is 17.3 Å². The second-order valence-corrected chi connectivity index (χ2v) is 6.15. The molecule has 0 bridgehead atoms. The summed E-state index contributed by atoms with van der Waals surface area (Å²) in [6.07, 6.45) is 1.75. The van der Waals surface area contributed by atoms with Crippen molar-refractivity contribution < 1.29 is 9.59 Å². The van der Waals surface area contributed by atoms with Gasteiger partial charge in [0.15, 0.2) is 0 Å². The fourth-order valence-electron chi connectivity index (χ4n) is 2.05. The Bertz CT molecular complexity index is 504. The molecular formula is C15H19BrN2O2. The Kier molecular flexibility index (Phi) is 5.17. The Morgan fingerprint density at radius 2 is 2.00 bits per heavy atom. The fourth-order valence-corrected chi connectivity index (χ4v) is 2.45. The summed E-state index contributed by atoms with van der Waals surface area (Å²) in [5.41, 5.74) is 0.634. The smallest absolute Gasteiger partial charge is 0.251 e. The average Bonchev–Trinajstić information content (AvgIpc) is 3.15. The summed E-state index contributed by atoms with van der Waals surface area (Å²) in [6, 6.07) is 7.27. The minimum absolute atomic E-state index is 0.0894. The lowest BCUT2D eigenvalue weighted by atomic mass is 10.2. The lowest BCUT2D eigenvalue weighted by Crippen LogP contribution is -2.30. The molecule has 2 N–H and O–H groups in total. The number of carbonyl (C=O) groups excluding carboxylic acids is 2. The summed E-state index contributed by atoms with van der Waals surface area (Å²) in [7, 11) is 0. The van der Waals surface area contributed by atoms with Gasteiger partial charge in [-0.2, -0.15) is 0 Å². The third kappa shape index (κ3) is 4.34. The van der Waals surface area contributed by atoms with Crippen LogP contribution in [0.15, 0.2) is 28.7 Å². The molecule has 1 saturated carbocycles. The molecule has 1 fully saturated rings. The largest absolute Gasteiger partial charge is 0.356 e. The monoisotopic (exact) mass is 338 g/mol. The second kappa shape index (κ2) is 6.88. The van der Waals surface area contributed by atoms with Crippen molar-refractivity contribution in [2.24, 2.45) is 11.8 Å². The minimum Gasteiger partial charge on any atom is -0.356 e. The number of benzene rings is 1. The van der Waals surface area contributed by atoms with Gasteiger partial charge in [0.2, 0.25) is 5.91 Å². The second-order valence-electron chi connectivity index (χ2n) is 5.23. The van der Waals surface area contributed by atoms with Crippen LogP contribution in [0.2, 0.25) is 0 Å². The normalized spacial score (nSPS) is 20.3. The molecule has 2 amide bonds. The predicted octanol–water partition coefficient (Wildman–Crippen LogP) is 2.34. The van der Waals surface area contributed by atoms with Crippen LogP contribution >= 0.6 is 15.9 Å². The van der Waals surface area contributed by atoms with Crippen LogP contribution in [0.3, 0.4) is 0 Å². The number of hydrogen-bond acceptors (Lipinski definition) is 2. The third-order valence-corrected chi connectivity index (χ3v) is 3.96. The van der Waals surface area contributed by atoms with Gasteiger partial charge in [0.1, 0.15) is 0 Å². The zero-order valence-electron chi connectivity index (χ0n) is 11.5. The van der Waals surface area contributed by atoms with Gasteiger partial charge in [-0.05, 0) is 37.0 Å². The molecular weight excluding hydrogens is 320 g/mol. The zero-order valence-corrected chi connectivity index (χ0v) is 13.1. The summed E-state index contributed by atoms with van der Waals surface area (Å²) in [4.78, 5) is 23.4. The Balaban J connectivity index is 1.61. The number of rotatable bonds is 6. The first-order valence-electron chi connectivity index (χ1n) is 6.89. The standard InChI is InChI=1S/C15H19BrN2O2/c1-10-8-13(10)15(20)18-7-3-6-17-14(19)11-4-2-5-12(16)9-11/h2,4-5,9-10,13H,3,6-8H2,1H3,(H,17,19)(H,18,20)/t10-,13+/m0/s1. The fraction of sp³-hybridized carbons (Fsp3) is 0.467. The van der Waals surface area contributed by atoms with E-state index in [1.54, 1.807) is 12.1 Å². The number of carbonyl (C=O) groups is 2. The van der Waals surface area contributed by atoms with Crippen LogP contribution in [-0.4, -0.2) is 24.9 Å². The molecule has 0 radical (unpaired) electrons. The highest BCUT2D eigenvalue weighted by Crippen LogP contribution is 2.37. The molecule has 0 aromatic heterocycles. The molecule has 0 unspecified atom stereocenters. The molecule has 1 aliphatic rings. The van der Waals surface area contributed by atoms with Crippen molar-refractivity contribution in [3.8, 4) is 0 Å². The van der Waals surface area contributed by atoms with E-state index >= 15 is 0 Å². The molecule has 4 nitrogen and oxygen atoms in total. The highest BCUT2D eigenvalue weighted by Gasteiger charge is 2.38. The van der Waals surface area contributed by atoms with Crippen LogP contribution in [0, 0.1) is 11.8 Å². The van der Waals surface area contributed by atoms with Crippen molar-refractivity contribution in [1.29, 1.82) is 0 Å². The predicted molar refractivity (Wildman–Crippen MR) is 81.4 cm³/mol. The van der Waals surface area contributed by atoms with Crippen molar-refractivity contribution in [2.45, 2.75) is 19.8 Å². The van der Waals surface area contributed by atoms with Crippen molar-refractivity contribution in [2.75, 3.05) is 13.1 Å². The SMILES string of the molecule is C[C@H]1C[C@H]1C(=O)NCCCNC(=O)c1cccc(Br)c1. The number of hydrogen-bond donors (Lipinski definition) is 2. The molecule has 5 heteroatoms. The summed E-state index contributed by atoms with van der Waals surface area (Å²) < 4.78 is 0.885. The van der Waals surface area contributed by atoms with Gasteiger partial charge in [-0.1, -0.05) is 28.9 Å². The molecule has 1 aromatic rings. The maximum Gasteiger partial charge on any atom is 0.251 e. The number of amides is 2. The number of halogens is 1. The summed E-state index contributed by atoms with van der Waals surface area (Å²) >= 11 is 3.34. The molecule has 1 aliphatic carbocycles. The van der Waals surface area contributed by atoms with Crippen LogP contribution in [-0.2, 0) is 4.79 Å². The lowest BCUT2D eigenvalue weighted by molar-refractivity contribution is -0.122. The molecule has 108 valence electrons. The molecule has 0 aliphatic heterocycles. The van der Waals surface area contributed by atoms with Crippen molar-refractivity contribution in [3.63, 3.8) is 0 Å². The highest BCUT2D eigenvalue weighted by atomic mass is 79.9. The first-order valence-corrected chi connectivity index (χ1v) is 7.68. The van der Waals surface area contributed by atoms with E-state index in [4.69, 9.17) is 0 Å². The third-order valence-electron chi connectivity index (χ3n) is 3.47. The Morgan fingerprint density at radius 1 is 1.30 bits per heavy atom. The van der Waals surface area contributed by atoms with Crippen LogP contribution < -0.4 is 10.6 Å². The molecule has 0 saturated heterocycles. The summed E-state index contributed by atoms with van der Waals surface area (Å²) in [5, 5.41) is 5.74. The molecule has 0 spiro atoms. The van der Waals surface area contributed by atoms with Gasteiger partial charge in [-0.25, -0.2) is 0 Å². The van der Waals surface area contributed by atoms with Gasteiger partial charge in [0.05, 0.1) is 0 Å². The van der Waals surface area contributed by atoms with Gasteiger partial charge in [0, 0.05) is 29.0 Å². The van der Waals surface area contributed by atoms with E-state index < -0.39 is 0 Å². The van der Waals surface area contributed by atoms with Crippen LogP contribution in [0.1, 0.15) is 30.1 Å². The Morgan fingerprint density at radius 3 is 2.65 bits per heavy atom. The van der Waals surface area contributed by atoms with E-state index in [0.29, 0.717) is 24.6 Å². The minimum atomic E-state index is -0.0894. The van der Waals surface area contributed by atoms with Crippen molar-refractivity contribution in [3.05, 3.63) is 34.3 Å². The first-order chi connectivity index (χ1) is 9.58. The number of nitrogens with one attached hydrogen (secondary N) is 2. The quantitative estimate of drug-likeness (QED) is 0.782. The van der Waals surface area contributed by atoms with E-state index in [-0.39, 0.29) is 17.7 Å². The first kappa shape index (κ1) is 15.0. The van der Waals surface area contributed by atoms with Gasteiger partial charge in [0.25, 0.3) is 5.91 Å². The Hall–Kier alpha value is -1.36. The topological polar surface area (TPSA) is 58.2 Å². The van der Waals surface area contributed by atoms with Crippen LogP contribution in [0.5, 0.6) is 0 Å². The molecule has 0 heterocycles. The van der Waals surface area contributed by atoms with Gasteiger partial charge < -0.3 is 10.6 Å². The van der Waals surface area contributed by atoms with E-state index in [2.05, 4.69) is 33.5 Å². The maximum atomic E-state index is 11.8. The molecule has 20 heavy (non-hydrogen) atoms. The zero-order chi connectivity index (χ0) is 14.5. The summed E-state index contributed by atoms with van der Waals surface area (Å²) in [5.74, 6) is 0.807. The Labute approximate surface area is 127 Å². The summed E-state index contributed by atoms with van der Waals surface area (Å²) in [6.45, 7) is 3.26. The highest BCUT2D eigenvalue weighted by molar-refractivity contribution is 9.10.